The number of carbonyl (C=O) groups is 3. The van der Waals surface area contributed by atoms with Crippen LogP contribution in [-0.4, -0.2) is 55.5 Å². The number of likely N-dealkylation sites (tertiary alicyclic amines) is 1. The largest absolute Gasteiger partial charge is 0.486 e. The molecule has 2 aliphatic rings. The molecule has 0 bridgehead atoms. The van der Waals surface area contributed by atoms with E-state index >= 15 is 0 Å². The van der Waals surface area contributed by atoms with Crippen LogP contribution >= 0.6 is 0 Å². The predicted octanol–water partition coefficient (Wildman–Crippen LogP) is 2.47. The van der Waals surface area contributed by atoms with E-state index in [0.29, 0.717) is 56.2 Å². The lowest BCUT2D eigenvalue weighted by atomic mass is 9.91. The first-order chi connectivity index (χ1) is 13.3. The molecule has 7 nitrogen and oxygen atoms in total. The van der Waals surface area contributed by atoms with Gasteiger partial charge in [-0.3, -0.25) is 14.4 Å². The predicted molar refractivity (Wildman–Crippen MR) is 101 cm³/mol. The van der Waals surface area contributed by atoms with Crippen LogP contribution in [0.15, 0.2) is 18.2 Å². The van der Waals surface area contributed by atoms with Crippen molar-refractivity contribution < 1.29 is 28.6 Å². The zero-order chi connectivity index (χ0) is 20.3. The summed E-state index contributed by atoms with van der Waals surface area (Å²) in [6, 6.07) is 4.94. The Kier molecular flexibility index (Phi) is 5.91. The molecule has 0 aliphatic carbocycles. The highest BCUT2D eigenvalue weighted by atomic mass is 16.6. The van der Waals surface area contributed by atoms with Crippen LogP contribution < -0.4 is 9.47 Å². The zero-order valence-corrected chi connectivity index (χ0v) is 16.7. The SMILES string of the molecule is CC(C)(C)C(=O)N1CCC(C(=O)OCC(=O)c2ccc3c(c2)OCCO3)CC1. The molecule has 0 radical (unpaired) electrons. The van der Waals surface area contributed by atoms with Crippen LogP contribution in [0.25, 0.3) is 0 Å². The number of hydrogen-bond acceptors (Lipinski definition) is 6. The van der Waals surface area contributed by atoms with Gasteiger partial charge in [0.15, 0.2) is 23.9 Å². The van der Waals surface area contributed by atoms with E-state index in [0.717, 1.165) is 0 Å². The third-order valence-corrected chi connectivity index (χ3v) is 4.97. The fourth-order valence-electron chi connectivity index (χ4n) is 3.35. The van der Waals surface area contributed by atoms with Crippen LogP contribution in [0.2, 0.25) is 0 Å². The van der Waals surface area contributed by atoms with Gasteiger partial charge in [-0.15, -0.1) is 0 Å². The summed E-state index contributed by atoms with van der Waals surface area (Å²) in [7, 11) is 0. The van der Waals surface area contributed by atoms with Crippen molar-refractivity contribution in [1.82, 2.24) is 4.90 Å². The second-order valence-corrected chi connectivity index (χ2v) is 8.21. The minimum Gasteiger partial charge on any atom is -0.486 e. The third kappa shape index (κ3) is 4.64. The van der Waals surface area contributed by atoms with Gasteiger partial charge >= 0.3 is 5.97 Å². The quantitative estimate of drug-likeness (QED) is 0.581. The topological polar surface area (TPSA) is 82.1 Å². The van der Waals surface area contributed by atoms with Gasteiger partial charge in [0.05, 0.1) is 5.92 Å². The Bertz CT molecular complexity index is 759. The number of Topliss-reactive ketones (excluding diaryl/α,β-unsaturated/α-hetero) is 1. The summed E-state index contributed by atoms with van der Waals surface area (Å²) in [5, 5.41) is 0. The van der Waals surface area contributed by atoms with Crippen LogP contribution in [0.4, 0.5) is 0 Å². The standard InChI is InChI=1S/C21H27NO6/c1-21(2,3)20(25)22-8-6-14(7-9-22)19(24)28-13-16(23)15-4-5-17-18(12-15)27-11-10-26-17/h4-5,12,14H,6-11,13H2,1-3H3. The van der Waals surface area contributed by atoms with E-state index in [1.807, 2.05) is 20.8 Å². The Morgan fingerprint density at radius 3 is 2.36 bits per heavy atom. The number of nitrogens with zero attached hydrogens (tertiary/aromatic N) is 1. The minimum atomic E-state index is -0.427. The lowest BCUT2D eigenvalue weighted by Crippen LogP contribution is -2.45. The van der Waals surface area contributed by atoms with Crippen molar-refractivity contribution in [2.75, 3.05) is 32.9 Å². The molecular formula is C21H27NO6. The number of ether oxygens (including phenoxy) is 3. The van der Waals surface area contributed by atoms with Crippen LogP contribution in [0.5, 0.6) is 11.5 Å². The summed E-state index contributed by atoms with van der Waals surface area (Å²) in [6.07, 6.45) is 1.11. The summed E-state index contributed by atoms with van der Waals surface area (Å²) >= 11 is 0. The molecule has 1 fully saturated rings. The van der Waals surface area contributed by atoms with Gasteiger partial charge in [0.1, 0.15) is 13.2 Å². The Morgan fingerprint density at radius 2 is 1.71 bits per heavy atom. The smallest absolute Gasteiger partial charge is 0.309 e. The maximum absolute atomic E-state index is 12.3. The first-order valence-corrected chi connectivity index (χ1v) is 9.64. The van der Waals surface area contributed by atoms with E-state index in [2.05, 4.69) is 0 Å². The highest BCUT2D eigenvalue weighted by Gasteiger charge is 2.33. The maximum atomic E-state index is 12.3. The normalized spacial score (nSPS) is 17.2. The van der Waals surface area contributed by atoms with Gasteiger partial charge in [0.2, 0.25) is 5.91 Å². The number of fused-ring (bicyclic) bond motifs is 1. The molecule has 1 aromatic rings. The van der Waals surface area contributed by atoms with Crippen LogP contribution in [-0.2, 0) is 14.3 Å². The first-order valence-electron chi connectivity index (χ1n) is 9.64. The number of piperidine rings is 1. The number of ketones is 1. The number of amides is 1. The molecule has 1 aromatic carbocycles. The fraction of sp³-hybridized carbons (Fsp3) is 0.571. The molecule has 1 amide bonds. The van der Waals surface area contributed by atoms with Crippen molar-refractivity contribution in [2.24, 2.45) is 11.3 Å². The summed E-state index contributed by atoms with van der Waals surface area (Å²) in [6.45, 7) is 7.35. The van der Waals surface area contributed by atoms with Gasteiger partial charge in [0, 0.05) is 24.1 Å². The highest BCUT2D eigenvalue weighted by molar-refractivity contribution is 5.98. The lowest BCUT2D eigenvalue weighted by molar-refractivity contribution is -0.152. The average molecular weight is 389 g/mol. The second-order valence-electron chi connectivity index (χ2n) is 8.21. The molecule has 152 valence electrons. The van der Waals surface area contributed by atoms with Crippen molar-refractivity contribution in [2.45, 2.75) is 33.6 Å². The van der Waals surface area contributed by atoms with Crippen molar-refractivity contribution in [3.63, 3.8) is 0 Å². The van der Waals surface area contributed by atoms with Gasteiger partial charge in [-0.25, -0.2) is 0 Å². The molecule has 0 unspecified atom stereocenters. The van der Waals surface area contributed by atoms with Crippen molar-refractivity contribution in [1.29, 1.82) is 0 Å². The van der Waals surface area contributed by atoms with Crippen LogP contribution in [0, 0.1) is 11.3 Å². The lowest BCUT2D eigenvalue weighted by Gasteiger charge is -2.34. The number of hydrogen-bond donors (Lipinski definition) is 0. The first kappa shape index (κ1) is 20.2. The van der Waals surface area contributed by atoms with E-state index in [1.54, 1.807) is 23.1 Å². The number of rotatable bonds is 4. The Balaban J connectivity index is 1.48. The molecule has 0 saturated carbocycles. The van der Waals surface area contributed by atoms with Gasteiger partial charge in [-0.1, -0.05) is 20.8 Å². The molecule has 0 N–H and O–H groups in total. The monoisotopic (exact) mass is 389 g/mol. The molecule has 1 saturated heterocycles. The molecule has 7 heteroatoms. The molecule has 2 heterocycles. The molecule has 0 atom stereocenters. The number of carbonyl (C=O) groups excluding carboxylic acids is 3. The number of benzene rings is 1. The van der Waals surface area contributed by atoms with E-state index in [4.69, 9.17) is 14.2 Å². The Labute approximate surface area is 164 Å². The highest BCUT2D eigenvalue weighted by Crippen LogP contribution is 2.31. The molecular weight excluding hydrogens is 362 g/mol. The maximum Gasteiger partial charge on any atom is 0.309 e. The molecule has 0 spiro atoms. The molecule has 2 aliphatic heterocycles. The van der Waals surface area contributed by atoms with Gasteiger partial charge in [-0.2, -0.15) is 0 Å². The van der Waals surface area contributed by atoms with Crippen molar-refractivity contribution in [3.05, 3.63) is 23.8 Å². The summed E-state index contributed by atoms with van der Waals surface area (Å²) in [5.41, 5.74) is -0.00807. The Morgan fingerprint density at radius 1 is 1.07 bits per heavy atom. The molecule has 28 heavy (non-hydrogen) atoms. The van der Waals surface area contributed by atoms with E-state index in [-0.39, 0.29) is 30.2 Å². The van der Waals surface area contributed by atoms with Gasteiger partial charge in [0.25, 0.3) is 0 Å². The summed E-state index contributed by atoms with van der Waals surface area (Å²) in [5.74, 6) is 0.278. The minimum absolute atomic E-state index is 0.0908. The zero-order valence-electron chi connectivity index (χ0n) is 16.7. The van der Waals surface area contributed by atoms with Crippen LogP contribution in [0.1, 0.15) is 44.0 Å². The fourth-order valence-corrected chi connectivity index (χ4v) is 3.35. The van der Waals surface area contributed by atoms with Crippen molar-refractivity contribution >= 4 is 17.7 Å². The summed E-state index contributed by atoms with van der Waals surface area (Å²) in [4.78, 5) is 38.8. The van der Waals surface area contributed by atoms with E-state index < -0.39 is 5.41 Å². The van der Waals surface area contributed by atoms with Gasteiger partial charge in [-0.05, 0) is 31.0 Å². The summed E-state index contributed by atoms with van der Waals surface area (Å²) < 4.78 is 16.1. The Hall–Kier alpha value is -2.57. The van der Waals surface area contributed by atoms with Crippen LogP contribution in [0.3, 0.4) is 0 Å². The van der Waals surface area contributed by atoms with E-state index in [9.17, 15) is 14.4 Å². The van der Waals surface area contributed by atoms with Crippen molar-refractivity contribution in [3.8, 4) is 11.5 Å². The average Bonchev–Trinajstić information content (AvgIpc) is 2.70. The van der Waals surface area contributed by atoms with Gasteiger partial charge < -0.3 is 19.1 Å². The second kappa shape index (κ2) is 8.20. The third-order valence-electron chi connectivity index (χ3n) is 4.97. The van der Waals surface area contributed by atoms with E-state index in [1.165, 1.54) is 0 Å². The molecule has 3 rings (SSSR count). The molecule has 0 aromatic heterocycles. The number of esters is 1.